The Hall–Kier alpha value is -1.81. The van der Waals surface area contributed by atoms with Crippen LogP contribution in [0, 0.1) is 0 Å². The Balaban J connectivity index is 1.86. The molecule has 1 aromatic carbocycles. The Labute approximate surface area is 120 Å². The Morgan fingerprint density at radius 3 is 2.95 bits per heavy atom. The van der Waals surface area contributed by atoms with E-state index in [0.29, 0.717) is 6.61 Å². The molecule has 1 heterocycles. The summed E-state index contributed by atoms with van der Waals surface area (Å²) in [7, 11) is 0. The molecule has 0 fully saturated rings. The molecular weight excluding hydrogens is 250 g/mol. The molecular formula is C16H23N3O. The van der Waals surface area contributed by atoms with Gasteiger partial charge < -0.3 is 14.6 Å². The summed E-state index contributed by atoms with van der Waals surface area (Å²) in [5.41, 5.74) is 1.23. The summed E-state index contributed by atoms with van der Waals surface area (Å²) in [5.74, 6) is 2.02. The van der Waals surface area contributed by atoms with Crippen molar-refractivity contribution in [2.24, 2.45) is 0 Å². The van der Waals surface area contributed by atoms with Gasteiger partial charge in [0.05, 0.1) is 13.2 Å². The van der Waals surface area contributed by atoms with Crippen LogP contribution in [0.4, 0.5) is 0 Å². The van der Waals surface area contributed by atoms with E-state index in [9.17, 15) is 0 Å². The van der Waals surface area contributed by atoms with E-state index in [-0.39, 0.29) is 0 Å². The van der Waals surface area contributed by atoms with Gasteiger partial charge in [-0.25, -0.2) is 4.98 Å². The molecule has 4 nitrogen and oxygen atoms in total. The number of imidazole rings is 1. The Kier molecular flexibility index (Phi) is 5.62. The lowest BCUT2D eigenvalue weighted by molar-refractivity contribution is 0.340. The summed E-state index contributed by atoms with van der Waals surface area (Å²) in [4.78, 5) is 4.39. The normalized spacial score (nSPS) is 10.7. The molecule has 4 heteroatoms. The number of rotatable bonds is 8. The lowest BCUT2D eigenvalue weighted by Crippen LogP contribution is -2.16. The van der Waals surface area contributed by atoms with Crippen molar-refractivity contribution in [1.29, 1.82) is 0 Å². The van der Waals surface area contributed by atoms with Crippen molar-refractivity contribution in [3.8, 4) is 5.75 Å². The number of nitrogens with one attached hydrogen (secondary N) is 1. The fraction of sp³-hybridized carbons (Fsp3) is 0.438. The first kappa shape index (κ1) is 14.6. The van der Waals surface area contributed by atoms with Crippen molar-refractivity contribution >= 4 is 0 Å². The molecule has 0 aliphatic rings. The topological polar surface area (TPSA) is 39.1 Å². The number of nitrogens with zero attached hydrogens (tertiary/aromatic N) is 2. The summed E-state index contributed by atoms with van der Waals surface area (Å²) < 4.78 is 7.70. The number of hydrogen-bond donors (Lipinski definition) is 1. The first-order chi connectivity index (χ1) is 9.83. The molecule has 1 N–H and O–H groups in total. The molecule has 20 heavy (non-hydrogen) atoms. The molecule has 0 saturated heterocycles. The number of ether oxygens (including phenoxy) is 1. The van der Waals surface area contributed by atoms with Crippen molar-refractivity contribution in [3.05, 3.63) is 48.0 Å². The van der Waals surface area contributed by atoms with Crippen LogP contribution in [0.5, 0.6) is 5.75 Å². The fourth-order valence-corrected chi connectivity index (χ4v) is 2.18. The van der Waals surface area contributed by atoms with Gasteiger partial charge in [0, 0.05) is 25.5 Å². The summed E-state index contributed by atoms with van der Waals surface area (Å²) in [6.45, 7) is 7.50. The van der Waals surface area contributed by atoms with E-state index in [1.165, 1.54) is 5.56 Å². The van der Waals surface area contributed by atoms with Gasteiger partial charge in [-0.3, -0.25) is 0 Å². The molecule has 0 radical (unpaired) electrons. The average Bonchev–Trinajstić information content (AvgIpc) is 2.88. The van der Waals surface area contributed by atoms with Gasteiger partial charge in [-0.15, -0.1) is 0 Å². The van der Waals surface area contributed by atoms with E-state index in [1.807, 2.05) is 31.5 Å². The van der Waals surface area contributed by atoms with Gasteiger partial charge in [-0.1, -0.05) is 19.1 Å². The van der Waals surface area contributed by atoms with Crippen molar-refractivity contribution in [2.75, 3.05) is 6.61 Å². The predicted molar refractivity (Wildman–Crippen MR) is 80.7 cm³/mol. The highest BCUT2D eigenvalue weighted by atomic mass is 16.5. The molecule has 0 aliphatic carbocycles. The highest BCUT2D eigenvalue weighted by molar-refractivity contribution is 5.28. The molecule has 0 unspecified atom stereocenters. The van der Waals surface area contributed by atoms with Crippen molar-refractivity contribution < 1.29 is 4.74 Å². The minimum atomic E-state index is 0.700. The van der Waals surface area contributed by atoms with Gasteiger partial charge in [0.25, 0.3) is 0 Å². The van der Waals surface area contributed by atoms with Crippen LogP contribution in [-0.2, 0) is 19.6 Å². The van der Waals surface area contributed by atoms with Gasteiger partial charge in [0.2, 0.25) is 0 Å². The van der Waals surface area contributed by atoms with Crippen LogP contribution in [0.1, 0.15) is 31.7 Å². The van der Waals surface area contributed by atoms with Crippen LogP contribution in [-0.4, -0.2) is 16.2 Å². The van der Waals surface area contributed by atoms with Crippen LogP contribution in [0.3, 0.4) is 0 Å². The molecule has 0 amide bonds. The molecule has 108 valence electrons. The van der Waals surface area contributed by atoms with Crippen LogP contribution in [0.2, 0.25) is 0 Å². The van der Waals surface area contributed by atoms with Crippen LogP contribution >= 0.6 is 0 Å². The summed E-state index contributed by atoms with van der Waals surface area (Å²) >= 11 is 0. The van der Waals surface area contributed by atoms with E-state index in [1.54, 1.807) is 0 Å². The van der Waals surface area contributed by atoms with Gasteiger partial charge in [0.15, 0.2) is 0 Å². The molecule has 0 saturated carbocycles. The van der Waals surface area contributed by atoms with Gasteiger partial charge >= 0.3 is 0 Å². The highest BCUT2D eigenvalue weighted by Gasteiger charge is 2.02. The van der Waals surface area contributed by atoms with E-state index in [4.69, 9.17) is 4.74 Å². The van der Waals surface area contributed by atoms with Crippen molar-refractivity contribution in [1.82, 2.24) is 14.9 Å². The molecule has 1 aromatic heterocycles. The lowest BCUT2D eigenvalue weighted by Gasteiger charge is -2.09. The minimum Gasteiger partial charge on any atom is -0.494 e. The zero-order valence-electron chi connectivity index (χ0n) is 12.3. The number of hydrogen-bond acceptors (Lipinski definition) is 3. The zero-order valence-corrected chi connectivity index (χ0v) is 12.3. The Morgan fingerprint density at radius 2 is 2.15 bits per heavy atom. The third kappa shape index (κ3) is 4.10. The van der Waals surface area contributed by atoms with Gasteiger partial charge in [-0.2, -0.15) is 0 Å². The largest absolute Gasteiger partial charge is 0.494 e. The zero-order chi connectivity index (χ0) is 14.2. The third-order valence-corrected chi connectivity index (χ3v) is 3.09. The second-order valence-electron chi connectivity index (χ2n) is 4.72. The summed E-state index contributed by atoms with van der Waals surface area (Å²) in [6, 6.07) is 8.20. The second kappa shape index (κ2) is 7.70. The van der Waals surface area contributed by atoms with Gasteiger partial charge in [-0.05, 0) is 31.0 Å². The maximum Gasteiger partial charge on any atom is 0.122 e. The van der Waals surface area contributed by atoms with Crippen LogP contribution < -0.4 is 10.1 Å². The van der Waals surface area contributed by atoms with Crippen LogP contribution in [0.25, 0.3) is 0 Å². The number of aromatic nitrogens is 2. The standard InChI is InChI=1S/C16H23N3O/c1-3-9-19-10-8-18-16(19)13-17-12-14-6-5-7-15(11-14)20-4-2/h5-8,10-11,17H,3-4,9,12-13H2,1-2H3. The number of benzene rings is 1. The van der Waals surface area contributed by atoms with E-state index < -0.39 is 0 Å². The molecule has 2 aromatic rings. The molecule has 0 atom stereocenters. The smallest absolute Gasteiger partial charge is 0.122 e. The van der Waals surface area contributed by atoms with Crippen molar-refractivity contribution in [2.45, 2.75) is 39.9 Å². The lowest BCUT2D eigenvalue weighted by atomic mass is 10.2. The van der Waals surface area contributed by atoms with Gasteiger partial charge in [0.1, 0.15) is 11.6 Å². The molecule has 0 spiro atoms. The van der Waals surface area contributed by atoms with Crippen molar-refractivity contribution in [3.63, 3.8) is 0 Å². The second-order valence-corrected chi connectivity index (χ2v) is 4.72. The van der Waals surface area contributed by atoms with E-state index >= 15 is 0 Å². The average molecular weight is 273 g/mol. The third-order valence-electron chi connectivity index (χ3n) is 3.09. The first-order valence-electron chi connectivity index (χ1n) is 7.26. The predicted octanol–water partition coefficient (Wildman–Crippen LogP) is 2.98. The van der Waals surface area contributed by atoms with E-state index in [0.717, 1.165) is 37.6 Å². The maximum absolute atomic E-state index is 5.51. The van der Waals surface area contributed by atoms with Crippen LogP contribution in [0.15, 0.2) is 36.7 Å². The fourth-order valence-electron chi connectivity index (χ4n) is 2.18. The Morgan fingerprint density at radius 1 is 1.25 bits per heavy atom. The first-order valence-corrected chi connectivity index (χ1v) is 7.26. The summed E-state index contributed by atoms with van der Waals surface area (Å²) in [6.07, 6.45) is 5.03. The number of aryl methyl sites for hydroxylation is 1. The molecule has 2 rings (SSSR count). The minimum absolute atomic E-state index is 0.700. The maximum atomic E-state index is 5.51. The van der Waals surface area contributed by atoms with E-state index in [2.05, 4.69) is 33.9 Å². The Bertz CT molecular complexity index is 522. The highest BCUT2D eigenvalue weighted by Crippen LogP contribution is 2.13. The molecule has 0 aliphatic heterocycles. The monoisotopic (exact) mass is 273 g/mol. The SMILES string of the molecule is CCCn1ccnc1CNCc1cccc(OCC)c1. The molecule has 0 bridgehead atoms. The summed E-state index contributed by atoms with van der Waals surface area (Å²) in [5, 5.41) is 3.43. The quantitative estimate of drug-likeness (QED) is 0.803.